The smallest absolute Gasteiger partial charge is 0.240 e. The first kappa shape index (κ1) is 15.4. The molecule has 0 spiro atoms. The van der Waals surface area contributed by atoms with Gasteiger partial charge in [0.2, 0.25) is 11.8 Å². The van der Waals surface area contributed by atoms with Crippen molar-refractivity contribution in [2.75, 3.05) is 5.32 Å². The molecule has 2 amide bonds. The maximum absolute atomic E-state index is 13.5. The minimum Gasteiger partial charge on any atom is -0.353 e. The molecule has 0 saturated heterocycles. The van der Waals surface area contributed by atoms with E-state index in [1.807, 2.05) is 13.8 Å². The number of amides is 2. The minimum atomic E-state index is -1.12. The van der Waals surface area contributed by atoms with Gasteiger partial charge in [-0.05, 0) is 38.3 Å². The topological polar surface area (TPSA) is 58.2 Å². The van der Waals surface area contributed by atoms with E-state index in [0.29, 0.717) is 18.9 Å². The third-order valence-corrected chi connectivity index (χ3v) is 3.79. The number of halogens is 2. The Bertz CT molecular complexity index is 571. The van der Waals surface area contributed by atoms with Gasteiger partial charge >= 0.3 is 0 Å². The van der Waals surface area contributed by atoms with Crippen LogP contribution >= 0.6 is 0 Å². The Kier molecular flexibility index (Phi) is 4.25. The molecule has 4 nitrogen and oxygen atoms in total. The monoisotopic (exact) mass is 296 g/mol. The molecule has 1 fully saturated rings. The Balaban J connectivity index is 2.07. The molecule has 1 aliphatic carbocycles. The van der Waals surface area contributed by atoms with Crippen molar-refractivity contribution in [3.8, 4) is 0 Å². The largest absolute Gasteiger partial charge is 0.353 e. The van der Waals surface area contributed by atoms with Crippen LogP contribution in [0.5, 0.6) is 0 Å². The van der Waals surface area contributed by atoms with E-state index in [2.05, 4.69) is 10.6 Å². The molecule has 114 valence electrons. The Morgan fingerprint density at radius 1 is 1.29 bits per heavy atom. The number of anilines is 1. The van der Waals surface area contributed by atoms with Crippen molar-refractivity contribution in [3.05, 3.63) is 29.8 Å². The fourth-order valence-electron chi connectivity index (χ4n) is 1.98. The van der Waals surface area contributed by atoms with Crippen LogP contribution in [0.1, 0.15) is 33.1 Å². The first-order chi connectivity index (χ1) is 9.89. The minimum absolute atomic E-state index is 0.0228. The molecule has 0 aliphatic heterocycles. The van der Waals surface area contributed by atoms with E-state index in [9.17, 15) is 18.4 Å². The van der Waals surface area contributed by atoms with Crippen molar-refractivity contribution in [2.45, 2.75) is 39.2 Å². The van der Waals surface area contributed by atoms with Gasteiger partial charge < -0.3 is 10.6 Å². The van der Waals surface area contributed by atoms with E-state index in [0.717, 1.165) is 18.6 Å². The molecular weight excluding hydrogens is 278 g/mol. The molecule has 21 heavy (non-hydrogen) atoms. The first-order valence-electron chi connectivity index (χ1n) is 6.96. The lowest BCUT2D eigenvalue weighted by Crippen LogP contribution is -2.43. The van der Waals surface area contributed by atoms with Crippen molar-refractivity contribution in [1.29, 1.82) is 0 Å². The van der Waals surface area contributed by atoms with E-state index in [1.165, 1.54) is 0 Å². The summed E-state index contributed by atoms with van der Waals surface area (Å²) in [5.41, 5.74) is -1.24. The number of carbonyl (C=O) groups excluding carboxylic acids is 2. The van der Waals surface area contributed by atoms with E-state index < -0.39 is 23.0 Å². The standard InChI is InChI=1S/C15H18F2N2O2/c1-3-9(2)18-13(20)15(6-7-15)14(21)19-12-5-4-10(16)8-11(12)17/h4-5,8-9H,3,6-7H2,1-2H3,(H,18,20)(H,19,21). The highest BCUT2D eigenvalue weighted by Crippen LogP contribution is 2.47. The lowest BCUT2D eigenvalue weighted by molar-refractivity contribution is -0.134. The summed E-state index contributed by atoms with van der Waals surface area (Å²) in [6, 6.07) is 2.86. The fraction of sp³-hybridized carbons (Fsp3) is 0.467. The molecule has 0 heterocycles. The van der Waals surface area contributed by atoms with Crippen LogP contribution in [-0.4, -0.2) is 17.9 Å². The normalized spacial score (nSPS) is 17.0. The first-order valence-corrected chi connectivity index (χ1v) is 6.96. The molecule has 1 aromatic rings. The van der Waals surface area contributed by atoms with E-state index in [1.54, 1.807) is 0 Å². The third-order valence-electron chi connectivity index (χ3n) is 3.79. The zero-order valence-electron chi connectivity index (χ0n) is 12.0. The average molecular weight is 296 g/mol. The van der Waals surface area contributed by atoms with Crippen LogP contribution in [-0.2, 0) is 9.59 Å². The summed E-state index contributed by atoms with van der Waals surface area (Å²) in [4.78, 5) is 24.4. The number of rotatable bonds is 5. The Hall–Kier alpha value is -1.98. The van der Waals surface area contributed by atoms with Crippen LogP contribution in [0.15, 0.2) is 18.2 Å². The van der Waals surface area contributed by atoms with Crippen LogP contribution in [0.25, 0.3) is 0 Å². The molecule has 6 heteroatoms. The molecule has 1 atom stereocenters. The second kappa shape index (κ2) is 5.79. The van der Waals surface area contributed by atoms with Gasteiger partial charge in [-0.15, -0.1) is 0 Å². The van der Waals surface area contributed by atoms with Crippen LogP contribution in [0.3, 0.4) is 0 Å². The van der Waals surface area contributed by atoms with Crippen molar-refractivity contribution < 1.29 is 18.4 Å². The van der Waals surface area contributed by atoms with Gasteiger partial charge in [-0.3, -0.25) is 9.59 Å². The average Bonchev–Trinajstić information content (AvgIpc) is 3.23. The van der Waals surface area contributed by atoms with Crippen molar-refractivity contribution in [1.82, 2.24) is 5.32 Å². The summed E-state index contributed by atoms with van der Waals surface area (Å²) in [7, 11) is 0. The molecule has 1 saturated carbocycles. The van der Waals surface area contributed by atoms with Gasteiger partial charge in [-0.2, -0.15) is 0 Å². The van der Waals surface area contributed by atoms with Crippen LogP contribution < -0.4 is 10.6 Å². The molecule has 2 rings (SSSR count). The molecular formula is C15H18F2N2O2. The van der Waals surface area contributed by atoms with E-state index in [-0.39, 0.29) is 17.6 Å². The van der Waals surface area contributed by atoms with Crippen LogP contribution in [0, 0.1) is 17.0 Å². The van der Waals surface area contributed by atoms with Crippen LogP contribution in [0.2, 0.25) is 0 Å². The number of carbonyl (C=O) groups is 2. The van der Waals surface area contributed by atoms with Gasteiger partial charge in [0, 0.05) is 12.1 Å². The summed E-state index contributed by atoms with van der Waals surface area (Å²) >= 11 is 0. The third kappa shape index (κ3) is 3.20. The number of hydrogen-bond acceptors (Lipinski definition) is 2. The highest BCUT2D eigenvalue weighted by molar-refractivity contribution is 6.13. The second-order valence-corrected chi connectivity index (χ2v) is 5.44. The van der Waals surface area contributed by atoms with Gasteiger partial charge in [-0.25, -0.2) is 8.78 Å². The molecule has 1 unspecified atom stereocenters. The highest BCUT2D eigenvalue weighted by atomic mass is 19.1. The summed E-state index contributed by atoms with van der Waals surface area (Å²) in [6.45, 7) is 3.78. The maximum Gasteiger partial charge on any atom is 0.240 e. The van der Waals surface area contributed by atoms with Crippen LogP contribution in [0.4, 0.5) is 14.5 Å². The fourth-order valence-corrected chi connectivity index (χ4v) is 1.98. The van der Waals surface area contributed by atoms with Gasteiger partial charge in [0.1, 0.15) is 17.0 Å². The summed E-state index contributed by atoms with van der Waals surface area (Å²) < 4.78 is 26.4. The second-order valence-electron chi connectivity index (χ2n) is 5.44. The van der Waals surface area contributed by atoms with Crippen molar-refractivity contribution in [3.63, 3.8) is 0 Å². The predicted molar refractivity (Wildman–Crippen MR) is 74.6 cm³/mol. The summed E-state index contributed by atoms with van der Waals surface area (Å²) in [6.07, 6.45) is 1.63. The number of hydrogen-bond donors (Lipinski definition) is 2. The zero-order valence-corrected chi connectivity index (χ0v) is 12.0. The highest BCUT2D eigenvalue weighted by Gasteiger charge is 2.56. The molecule has 0 bridgehead atoms. The summed E-state index contributed by atoms with van der Waals surface area (Å²) in [5.74, 6) is -2.46. The predicted octanol–water partition coefficient (Wildman–Crippen LogP) is 2.60. The molecule has 0 radical (unpaired) electrons. The van der Waals surface area contributed by atoms with Crippen molar-refractivity contribution >= 4 is 17.5 Å². The molecule has 1 aromatic carbocycles. The Morgan fingerprint density at radius 2 is 1.95 bits per heavy atom. The Morgan fingerprint density at radius 3 is 2.48 bits per heavy atom. The summed E-state index contributed by atoms with van der Waals surface area (Å²) in [5, 5.41) is 5.14. The lowest BCUT2D eigenvalue weighted by atomic mass is 10.0. The van der Waals surface area contributed by atoms with E-state index in [4.69, 9.17) is 0 Å². The van der Waals surface area contributed by atoms with Gasteiger partial charge in [0.15, 0.2) is 0 Å². The van der Waals surface area contributed by atoms with Gasteiger partial charge in [0.05, 0.1) is 5.69 Å². The van der Waals surface area contributed by atoms with E-state index >= 15 is 0 Å². The molecule has 2 N–H and O–H groups in total. The van der Waals surface area contributed by atoms with Gasteiger partial charge in [0.25, 0.3) is 0 Å². The number of benzene rings is 1. The SMILES string of the molecule is CCC(C)NC(=O)C1(C(=O)Nc2ccc(F)cc2F)CC1. The van der Waals surface area contributed by atoms with Crippen molar-refractivity contribution in [2.24, 2.45) is 5.41 Å². The lowest BCUT2D eigenvalue weighted by Gasteiger charge is -2.18. The van der Waals surface area contributed by atoms with Gasteiger partial charge in [-0.1, -0.05) is 6.92 Å². The quantitative estimate of drug-likeness (QED) is 0.821. The Labute approximate surface area is 121 Å². The maximum atomic E-state index is 13.5. The number of nitrogens with one attached hydrogen (secondary N) is 2. The molecule has 1 aliphatic rings. The molecule has 0 aromatic heterocycles. The zero-order chi connectivity index (χ0) is 15.6.